The summed E-state index contributed by atoms with van der Waals surface area (Å²) in [6.45, 7) is 18.4. The van der Waals surface area contributed by atoms with Gasteiger partial charge in [-0.15, -0.1) is 0 Å². The zero-order valence-corrected chi connectivity index (χ0v) is 21.1. The smallest absolute Gasteiger partial charge is 0.106 e. The van der Waals surface area contributed by atoms with Gasteiger partial charge in [-0.3, -0.25) is 4.98 Å². The van der Waals surface area contributed by atoms with Crippen LogP contribution in [0.25, 0.3) is 16.3 Å². The molecule has 0 fully saturated rings. The zero-order chi connectivity index (χ0) is 22.5. The topological polar surface area (TPSA) is 12.9 Å². The average molecular weight is 424 g/mol. The molecule has 0 saturated carbocycles. The Hall–Kier alpha value is -2.71. The highest BCUT2D eigenvalue weighted by Crippen LogP contribution is 2.50. The van der Waals surface area contributed by atoms with E-state index in [0.717, 1.165) is 0 Å². The maximum atomic E-state index is 4.49. The number of nitrogens with zero attached hydrogens (tertiary/aromatic N) is 1. The van der Waals surface area contributed by atoms with Crippen LogP contribution in [0.1, 0.15) is 50.1 Å². The number of aromatic nitrogens is 1. The number of pyridine rings is 1. The molecule has 2 heteroatoms. The summed E-state index contributed by atoms with van der Waals surface area (Å²) in [5.74, 6) is 0. The highest BCUT2D eigenvalue weighted by atomic mass is 28.3. The first kappa shape index (κ1) is 21.5. The molecule has 31 heavy (non-hydrogen) atoms. The van der Waals surface area contributed by atoms with E-state index in [1.54, 1.807) is 0 Å². The molecule has 2 heterocycles. The molecule has 0 radical (unpaired) electrons. The Morgan fingerprint density at radius 1 is 0.710 bits per heavy atom. The quantitative estimate of drug-likeness (QED) is 0.393. The van der Waals surface area contributed by atoms with Crippen molar-refractivity contribution in [2.45, 2.75) is 54.6 Å². The molecule has 1 aliphatic heterocycles. The van der Waals surface area contributed by atoms with Crippen LogP contribution in [0.3, 0.4) is 0 Å². The summed E-state index contributed by atoms with van der Waals surface area (Å²) in [5.41, 5.74) is 17.6. The van der Waals surface area contributed by atoms with Crippen LogP contribution in [0, 0.1) is 41.5 Å². The lowest BCUT2D eigenvalue weighted by Gasteiger charge is -2.23. The van der Waals surface area contributed by atoms with Gasteiger partial charge in [0.15, 0.2) is 0 Å². The first-order chi connectivity index (χ1) is 14.6. The van der Waals surface area contributed by atoms with Gasteiger partial charge in [0.1, 0.15) is 8.07 Å². The van der Waals surface area contributed by atoms with Crippen molar-refractivity contribution in [2.24, 2.45) is 0 Å². The van der Waals surface area contributed by atoms with Crippen molar-refractivity contribution in [3.63, 3.8) is 0 Å². The zero-order valence-electron chi connectivity index (χ0n) is 20.1. The molecule has 0 amide bonds. The molecule has 0 aliphatic carbocycles. The van der Waals surface area contributed by atoms with E-state index in [1.165, 1.54) is 66.4 Å². The lowest BCUT2D eigenvalue weighted by molar-refractivity contribution is 1.28. The molecule has 158 valence electrons. The van der Waals surface area contributed by atoms with Gasteiger partial charge in [-0.1, -0.05) is 60.3 Å². The van der Waals surface area contributed by atoms with Crippen molar-refractivity contribution >= 4 is 24.4 Å². The third-order valence-corrected chi connectivity index (χ3v) is 9.33. The van der Waals surface area contributed by atoms with Gasteiger partial charge in [0, 0.05) is 12.4 Å². The van der Waals surface area contributed by atoms with Crippen LogP contribution < -0.4 is 0 Å². The molecular weight excluding hydrogens is 390 g/mol. The second-order valence-electron chi connectivity index (χ2n) is 9.82. The van der Waals surface area contributed by atoms with Gasteiger partial charge in [0.2, 0.25) is 0 Å². The largest absolute Gasteiger partial charge is 0.264 e. The summed E-state index contributed by atoms with van der Waals surface area (Å²) in [4.78, 5) is 4.49. The molecule has 1 nitrogen and oxygen atoms in total. The fourth-order valence-electron chi connectivity index (χ4n) is 5.63. The third kappa shape index (κ3) is 3.74. The fourth-order valence-corrected chi connectivity index (χ4v) is 8.58. The Kier molecular flexibility index (Phi) is 5.39. The summed E-state index contributed by atoms with van der Waals surface area (Å²) in [6, 6.07) is 13.6. The molecule has 1 aromatic heterocycles. The number of benzene rings is 2. The number of aryl methyl sites for hydroxylation is 6. The molecule has 1 aliphatic rings. The monoisotopic (exact) mass is 423 g/mol. The van der Waals surface area contributed by atoms with Crippen LogP contribution in [-0.2, 0) is 0 Å². The van der Waals surface area contributed by atoms with E-state index in [4.69, 9.17) is 0 Å². The number of hydrogen-bond acceptors (Lipinski definition) is 1. The number of allylic oxidation sites excluding steroid dienone is 2. The van der Waals surface area contributed by atoms with E-state index >= 15 is 0 Å². The molecule has 0 saturated heterocycles. The van der Waals surface area contributed by atoms with Crippen molar-refractivity contribution < 1.29 is 0 Å². The van der Waals surface area contributed by atoms with Gasteiger partial charge < -0.3 is 0 Å². The van der Waals surface area contributed by atoms with Crippen molar-refractivity contribution in [3.05, 3.63) is 105 Å². The molecule has 3 aromatic rings. The maximum Gasteiger partial charge on any atom is 0.106 e. The van der Waals surface area contributed by atoms with Gasteiger partial charge in [0.25, 0.3) is 0 Å². The van der Waals surface area contributed by atoms with Gasteiger partial charge in [-0.05, 0) is 103 Å². The lowest BCUT2D eigenvalue weighted by Crippen LogP contribution is -2.23. The van der Waals surface area contributed by atoms with Crippen LogP contribution in [0.15, 0.2) is 54.5 Å². The van der Waals surface area contributed by atoms with Gasteiger partial charge in [-0.25, -0.2) is 0 Å². The third-order valence-electron chi connectivity index (χ3n) is 6.49. The molecule has 0 N–H and O–H groups in total. The second kappa shape index (κ2) is 7.76. The first-order valence-corrected chi connectivity index (χ1v) is 14.2. The molecule has 0 spiro atoms. The Morgan fingerprint density at radius 3 is 1.71 bits per heavy atom. The maximum absolute atomic E-state index is 4.49. The van der Waals surface area contributed by atoms with E-state index in [0.29, 0.717) is 0 Å². The standard InChI is InChI=1S/C29H33NSi/c1-18-12-20(3)26(21(4)13-18)25-17-31(7,8)29(24-10-9-11-30-16-24)28(25)27-22(5)14-19(2)15-23(27)6/h9-17H,1-8H3. The minimum absolute atomic E-state index is 1.27. The van der Waals surface area contributed by atoms with Crippen molar-refractivity contribution in [3.8, 4) is 0 Å². The van der Waals surface area contributed by atoms with E-state index in [9.17, 15) is 0 Å². The fraction of sp³-hybridized carbons (Fsp3) is 0.276. The SMILES string of the molecule is Cc1cc(C)c(C2=C[Si](C)(C)C(c3cccnc3)=C2c2c(C)cc(C)cc2C)c(C)c1. The minimum Gasteiger partial charge on any atom is -0.264 e. The van der Waals surface area contributed by atoms with E-state index in [1.807, 2.05) is 6.20 Å². The Labute approximate surface area is 188 Å². The van der Waals surface area contributed by atoms with Gasteiger partial charge in [0.05, 0.1) is 0 Å². The molecule has 4 rings (SSSR count). The minimum atomic E-state index is -1.84. The number of rotatable bonds is 3. The Bertz CT molecular complexity index is 1200. The van der Waals surface area contributed by atoms with Crippen LogP contribution >= 0.6 is 0 Å². The van der Waals surface area contributed by atoms with E-state index < -0.39 is 8.07 Å². The highest BCUT2D eigenvalue weighted by Gasteiger charge is 2.38. The summed E-state index contributed by atoms with van der Waals surface area (Å²) in [7, 11) is -1.84. The van der Waals surface area contributed by atoms with Crippen LogP contribution in [0.4, 0.5) is 0 Å². The predicted molar refractivity (Wildman–Crippen MR) is 138 cm³/mol. The van der Waals surface area contributed by atoms with Crippen LogP contribution in [-0.4, -0.2) is 13.1 Å². The summed E-state index contributed by atoms with van der Waals surface area (Å²) < 4.78 is 0. The van der Waals surface area contributed by atoms with Crippen molar-refractivity contribution in [1.82, 2.24) is 4.98 Å². The molecule has 2 aromatic carbocycles. The van der Waals surface area contributed by atoms with Crippen molar-refractivity contribution in [2.75, 3.05) is 0 Å². The first-order valence-electron chi connectivity index (χ1n) is 11.1. The molecule has 0 bridgehead atoms. The van der Waals surface area contributed by atoms with Crippen molar-refractivity contribution in [1.29, 1.82) is 0 Å². The molecule has 0 unspecified atom stereocenters. The molecule has 0 atom stereocenters. The summed E-state index contributed by atoms with van der Waals surface area (Å²) >= 11 is 0. The summed E-state index contributed by atoms with van der Waals surface area (Å²) in [5, 5.41) is 1.50. The highest BCUT2D eigenvalue weighted by molar-refractivity contribution is 7.02. The van der Waals surface area contributed by atoms with Gasteiger partial charge >= 0.3 is 0 Å². The Morgan fingerprint density at radius 2 is 1.23 bits per heavy atom. The predicted octanol–water partition coefficient (Wildman–Crippen LogP) is 7.73. The van der Waals surface area contributed by atoms with Crippen LogP contribution in [0.2, 0.25) is 13.1 Å². The number of hydrogen-bond donors (Lipinski definition) is 0. The lowest BCUT2D eigenvalue weighted by atomic mass is 9.83. The van der Waals surface area contributed by atoms with Crippen LogP contribution in [0.5, 0.6) is 0 Å². The summed E-state index contributed by atoms with van der Waals surface area (Å²) in [6.07, 6.45) is 3.92. The Balaban J connectivity index is 2.13. The van der Waals surface area contributed by atoms with Gasteiger partial charge in [-0.2, -0.15) is 0 Å². The normalized spacial score (nSPS) is 15.4. The molecular formula is C29H33NSi. The van der Waals surface area contributed by atoms with E-state index in [2.05, 4.69) is 108 Å². The average Bonchev–Trinajstić information content (AvgIpc) is 2.91. The second-order valence-corrected chi connectivity index (χ2v) is 14.1. The van der Waals surface area contributed by atoms with E-state index in [-0.39, 0.29) is 0 Å².